The van der Waals surface area contributed by atoms with Crippen molar-refractivity contribution >= 4 is 17.5 Å². The summed E-state index contributed by atoms with van der Waals surface area (Å²) in [5.41, 5.74) is 0. The maximum absolute atomic E-state index is 12.1. The van der Waals surface area contributed by atoms with Crippen LogP contribution in [0.15, 0.2) is 0 Å². The van der Waals surface area contributed by atoms with Crippen LogP contribution >= 0.6 is 0 Å². The van der Waals surface area contributed by atoms with Crippen LogP contribution in [0, 0.1) is 17.8 Å². The second-order valence-corrected chi connectivity index (χ2v) is 11.0. The number of ketones is 2. The summed E-state index contributed by atoms with van der Waals surface area (Å²) in [6.07, 6.45) is 3.44. The average molecular weight is 618 g/mol. The van der Waals surface area contributed by atoms with Crippen LogP contribution in [0.2, 0.25) is 0 Å². The van der Waals surface area contributed by atoms with Gasteiger partial charge in [0.15, 0.2) is 0 Å². The van der Waals surface area contributed by atoms with E-state index in [4.69, 9.17) is 37.9 Å². The first kappa shape index (κ1) is 37.7. The van der Waals surface area contributed by atoms with E-state index in [9.17, 15) is 14.4 Å². The molecule has 1 aliphatic carbocycles. The van der Waals surface area contributed by atoms with Gasteiger partial charge in [-0.3, -0.25) is 14.4 Å². The SMILES string of the molecule is CC1CCN(C(=O)CCOCCOCCOCCOCCOCCOCCOCCOCCC2C(=O)CC(C)C2=O)CC1. The largest absolute Gasteiger partial charge is 0.379 e. The second-order valence-electron chi connectivity index (χ2n) is 11.0. The van der Waals surface area contributed by atoms with Crippen molar-refractivity contribution in [2.24, 2.45) is 17.8 Å². The zero-order valence-corrected chi connectivity index (χ0v) is 26.4. The van der Waals surface area contributed by atoms with Gasteiger partial charge >= 0.3 is 0 Å². The van der Waals surface area contributed by atoms with E-state index in [-0.39, 0.29) is 23.4 Å². The molecule has 1 heterocycles. The van der Waals surface area contributed by atoms with Gasteiger partial charge in [-0.15, -0.1) is 0 Å². The van der Waals surface area contributed by atoms with Crippen LogP contribution in [0.1, 0.15) is 46.0 Å². The summed E-state index contributed by atoms with van der Waals surface area (Å²) in [6.45, 7) is 13.2. The average Bonchev–Trinajstić information content (AvgIpc) is 3.24. The van der Waals surface area contributed by atoms with Crippen LogP contribution in [-0.4, -0.2) is 141 Å². The van der Waals surface area contributed by atoms with Gasteiger partial charge in [0.05, 0.1) is 111 Å². The van der Waals surface area contributed by atoms with Crippen LogP contribution in [0.25, 0.3) is 0 Å². The molecule has 0 aromatic carbocycles. The van der Waals surface area contributed by atoms with Gasteiger partial charge in [-0.05, 0) is 25.2 Å². The molecule has 12 nitrogen and oxygen atoms in total. The Morgan fingerprint density at radius 3 is 1.35 bits per heavy atom. The van der Waals surface area contributed by atoms with E-state index in [1.807, 2.05) is 4.90 Å². The zero-order chi connectivity index (χ0) is 31.0. The second kappa shape index (κ2) is 24.8. The number of likely N-dealkylation sites (tertiary alicyclic amines) is 1. The van der Waals surface area contributed by atoms with Crippen molar-refractivity contribution in [1.82, 2.24) is 4.90 Å². The molecular formula is C31H55NO11. The summed E-state index contributed by atoms with van der Waals surface area (Å²) in [7, 11) is 0. The highest BCUT2D eigenvalue weighted by Crippen LogP contribution is 2.26. The van der Waals surface area contributed by atoms with Crippen molar-refractivity contribution in [2.45, 2.75) is 46.0 Å². The number of hydrogen-bond acceptors (Lipinski definition) is 11. The standard InChI is InChI=1S/C31H55NO11/c1-26-3-7-32(8-4-26)30(34)6-10-37-12-14-39-16-18-41-20-22-43-24-23-42-21-19-40-17-15-38-13-11-36-9-5-28-29(33)25-27(2)31(28)35/h26-28H,3-25H2,1-2H3. The van der Waals surface area contributed by atoms with Crippen molar-refractivity contribution in [2.75, 3.05) is 119 Å². The minimum absolute atomic E-state index is 0.0389. The van der Waals surface area contributed by atoms with Gasteiger partial charge in [0.2, 0.25) is 5.91 Å². The molecular weight excluding hydrogens is 562 g/mol. The maximum atomic E-state index is 12.1. The molecule has 2 fully saturated rings. The number of Topliss-reactive ketones (excluding diaryl/α,β-unsaturated/α-hetero) is 2. The van der Waals surface area contributed by atoms with Gasteiger partial charge in [0.25, 0.3) is 0 Å². The van der Waals surface area contributed by atoms with Gasteiger partial charge < -0.3 is 42.8 Å². The highest BCUT2D eigenvalue weighted by molar-refractivity contribution is 6.09. The molecule has 12 heteroatoms. The first-order valence-electron chi connectivity index (χ1n) is 15.9. The van der Waals surface area contributed by atoms with Crippen LogP contribution < -0.4 is 0 Å². The molecule has 2 rings (SSSR count). The number of carbonyl (C=O) groups is 3. The van der Waals surface area contributed by atoms with E-state index in [2.05, 4.69) is 6.92 Å². The maximum Gasteiger partial charge on any atom is 0.224 e. The molecule has 43 heavy (non-hydrogen) atoms. The van der Waals surface area contributed by atoms with Crippen molar-refractivity contribution in [3.05, 3.63) is 0 Å². The topological polar surface area (TPSA) is 128 Å². The number of piperidine rings is 1. The summed E-state index contributed by atoms with van der Waals surface area (Å²) in [4.78, 5) is 37.7. The Hall–Kier alpha value is -1.51. The fraction of sp³-hybridized carbons (Fsp3) is 0.903. The Kier molecular flexibility index (Phi) is 21.7. The van der Waals surface area contributed by atoms with Gasteiger partial charge in [0.1, 0.15) is 11.6 Å². The summed E-state index contributed by atoms with van der Waals surface area (Å²) in [6, 6.07) is 0. The number of rotatable bonds is 27. The predicted octanol–water partition coefficient (Wildman–Crippen LogP) is 1.95. The van der Waals surface area contributed by atoms with E-state index in [1.54, 1.807) is 6.92 Å². The Morgan fingerprint density at radius 2 is 0.977 bits per heavy atom. The lowest BCUT2D eigenvalue weighted by atomic mass is 9.99. The Bertz CT molecular complexity index is 745. The normalized spacial score (nSPS) is 19.5. The summed E-state index contributed by atoms with van der Waals surface area (Å²) in [5.74, 6) is 0.357. The fourth-order valence-electron chi connectivity index (χ4n) is 4.77. The van der Waals surface area contributed by atoms with Gasteiger partial charge in [0, 0.05) is 32.0 Å². The lowest BCUT2D eigenvalue weighted by Crippen LogP contribution is -2.38. The lowest BCUT2D eigenvalue weighted by Gasteiger charge is -2.30. The van der Waals surface area contributed by atoms with E-state index in [1.165, 1.54) is 0 Å². The van der Waals surface area contributed by atoms with E-state index in [0.29, 0.717) is 125 Å². The van der Waals surface area contributed by atoms with E-state index >= 15 is 0 Å². The van der Waals surface area contributed by atoms with E-state index < -0.39 is 5.92 Å². The molecule has 0 aromatic heterocycles. The number of nitrogens with zero attached hydrogens (tertiary/aromatic N) is 1. The van der Waals surface area contributed by atoms with Gasteiger partial charge in [-0.1, -0.05) is 13.8 Å². The first-order chi connectivity index (χ1) is 21.0. The third kappa shape index (κ3) is 18.1. The number of amides is 1. The molecule has 2 unspecified atom stereocenters. The Morgan fingerprint density at radius 1 is 0.605 bits per heavy atom. The summed E-state index contributed by atoms with van der Waals surface area (Å²) in [5, 5.41) is 0. The Labute approximate surface area is 257 Å². The molecule has 0 aromatic rings. The number of hydrogen-bond donors (Lipinski definition) is 0. The quantitative estimate of drug-likeness (QED) is 0.0991. The molecule has 250 valence electrons. The van der Waals surface area contributed by atoms with Crippen molar-refractivity contribution in [1.29, 1.82) is 0 Å². The van der Waals surface area contributed by atoms with Crippen LogP contribution in [0.4, 0.5) is 0 Å². The molecule has 1 saturated heterocycles. The molecule has 0 spiro atoms. The highest BCUT2D eigenvalue weighted by atomic mass is 16.6. The number of ether oxygens (including phenoxy) is 8. The molecule has 0 radical (unpaired) electrons. The van der Waals surface area contributed by atoms with Crippen LogP contribution in [-0.2, 0) is 52.3 Å². The molecule has 2 atom stereocenters. The molecule has 1 amide bonds. The predicted molar refractivity (Wildman–Crippen MR) is 158 cm³/mol. The number of carbonyl (C=O) groups excluding carboxylic acids is 3. The molecule has 2 aliphatic rings. The van der Waals surface area contributed by atoms with Crippen LogP contribution in [0.5, 0.6) is 0 Å². The Balaban J connectivity index is 1.19. The van der Waals surface area contributed by atoms with Gasteiger partial charge in [-0.2, -0.15) is 0 Å². The summed E-state index contributed by atoms with van der Waals surface area (Å²) >= 11 is 0. The van der Waals surface area contributed by atoms with Crippen LogP contribution in [0.3, 0.4) is 0 Å². The highest BCUT2D eigenvalue weighted by Gasteiger charge is 2.37. The van der Waals surface area contributed by atoms with Gasteiger partial charge in [-0.25, -0.2) is 0 Å². The smallest absolute Gasteiger partial charge is 0.224 e. The minimum Gasteiger partial charge on any atom is -0.379 e. The fourth-order valence-corrected chi connectivity index (χ4v) is 4.77. The minimum atomic E-state index is -0.482. The van der Waals surface area contributed by atoms with E-state index in [0.717, 1.165) is 31.8 Å². The zero-order valence-electron chi connectivity index (χ0n) is 26.4. The molecule has 1 aliphatic heterocycles. The van der Waals surface area contributed by atoms with Crippen molar-refractivity contribution in [3.63, 3.8) is 0 Å². The lowest BCUT2D eigenvalue weighted by molar-refractivity contribution is -0.134. The molecule has 0 bridgehead atoms. The summed E-state index contributed by atoms with van der Waals surface area (Å²) < 4.78 is 43.7. The first-order valence-corrected chi connectivity index (χ1v) is 15.9. The third-order valence-electron chi connectivity index (χ3n) is 7.48. The monoisotopic (exact) mass is 617 g/mol. The molecule has 1 saturated carbocycles. The van der Waals surface area contributed by atoms with Crippen molar-refractivity contribution in [3.8, 4) is 0 Å². The van der Waals surface area contributed by atoms with Crippen molar-refractivity contribution < 1.29 is 52.3 Å². The molecule has 0 N–H and O–H groups in total. The third-order valence-corrected chi connectivity index (χ3v) is 7.48.